The molecule has 1 aliphatic rings. The number of aliphatic hydroxyl groups excluding tert-OH is 1. The van der Waals surface area contributed by atoms with Crippen molar-refractivity contribution < 1.29 is 14.4 Å². The number of H-pyrrole nitrogens is 1. The first kappa shape index (κ1) is 16.7. The Labute approximate surface area is 141 Å². The van der Waals surface area contributed by atoms with E-state index in [1.54, 1.807) is 4.90 Å². The third-order valence-electron chi connectivity index (χ3n) is 4.76. The minimum absolute atomic E-state index is 0.0377. The Morgan fingerprint density at radius 2 is 2.21 bits per heavy atom. The van der Waals surface area contributed by atoms with Crippen molar-refractivity contribution in [3.05, 3.63) is 34.5 Å². The standard InChI is InChI=1S/C17H24N4O3/c1-10-6-14(19-18-10)7-13-8-21(9-16(13)22)17(23)5-4-15-11(2)20-24-12(15)3/h6,13,16,22H,4-5,7-9H2,1-3H3,(H,18,19). The molecule has 2 aromatic heterocycles. The third kappa shape index (κ3) is 3.51. The lowest BCUT2D eigenvalue weighted by Gasteiger charge is -2.15. The average molecular weight is 332 g/mol. The van der Waals surface area contributed by atoms with Crippen LogP contribution in [0.1, 0.15) is 34.8 Å². The Bertz CT molecular complexity index is 702. The lowest BCUT2D eigenvalue weighted by atomic mass is 10.0. The number of aromatic amines is 1. The van der Waals surface area contributed by atoms with Crippen LogP contribution in [0.4, 0.5) is 0 Å². The van der Waals surface area contributed by atoms with E-state index in [9.17, 15) is 9.90 Å². The maximum Gasteiger partial charge on any atom is 0.223 e. The van der Waals surface area contributed by atoms with E-state index in [1.807, 2.05) is 26.8 Å². The van der Waals surface area contributed by atoms with E-state index in [4.69, 9.17) is 4.52 Å². The minimum atomic E-state index is -0.495. The van der Waals surface area contributed by atoms with Gasteiger partial charge in [-0.1, -0.05) is 5.16 Å². The number of amides is 1. The van der Waals surface area contributed by atoms with Crippen molar-refractivity contribution in [2.75, 3.05) is 13.1 Å². The van der Waals surface area contributed by atoms with Crippen LogP contribution in [0.25, 0.3) is 0 Å². The molecule has 2 N–H and O–H groups in total. The number of aliphatic hydroxyl groups is 1. The summed E-state index contributed by atoms with van der Waals surface area (Å²) in [5, 5.41) is 21.3. The van der Waals surface area contributed by atoms with E-state index in [-0.39, 0.29) is 11.8 Å². The summed E-state index contributed by atoms with van der Waals surface area (Å²) in [7, 11) is 0. The molecule has 3 heterocycles. The zero-order valence-electron chi connectivity index (χ0n) is 14.4. The normalized spacial score (nSPS) is 20.8. The third-order valence-corrected chi connectivity index (χ3v) is 4.76. The molecule has 2 atom stereocenters. The van der Waals surface area contributed by atoms with Gasteiger partial charge in [0.2, 0.25) is 5.91 Å². The first-order valence-electron chi connectivity index (χ1n) is 8.32. The molecule has 1 amide bonds. The molecule has 2 aromatic rings. The molecule has 2 unspecified atom stereocenters. The molecule has 1 saturated heterocycles. The molecule has 3 rings (SSSR count). The van der Waals surface area contributed by atoms with Gasteiger partial charge in [-0.25, -0.2) is 0 Å². The van der Waals surface area contributed by atoms with Crippen molar-refractivity contribution in [3.63, 3.8) is 0 Å². The molecular weight excluding hydrogens is 308 g/mol. The molecule has 130 valence electrons. The molecule has 0 aromatic carbocycles. The highest BCUT2D eigenvalue weighted by molar-refractivity contribution is 5.77. The summed E-state index contributed by atoms with van der Waals surface area (Å²) in [5.74, 6) is 0.874. The lowest BCUT2D eigenvalue weighted by Crippen LogP contribution is -2.29. The van der Waals surface area contributed by atoms with Gasteiger partial charge in [0.05, 0.1) is 17.5 Å². The zero-order valence-corrected chi connectivity index (χ0v) is 14.4. The summed E-state index contributed by atoms with van der Waals surface area (Å²) in [6.07, 6.45) is 1.21. The van der Waals surface area contributed by atoms with Crippen LogP contribution in [-0.2, 0) is 17.6 Å². The molecule has 24 heavy (non-hydrogen) atoms. The van der Waals surface area contributed by atoms with Crippen molar-refractivity contribution >= 4 is 5.91 Å². The van der Waals surface area contributed by atoms with Crippen LogP contribution in [0, 0.1) is 26.7 Å². The molecule has 7 nitrogen and oxygen atoms in total. The fraction of sp³-hybridized carbons (Fsp3) is 0.588. The minimum Gasteiger partial charge on any atom is -0.391 e. The number of hydrogen-bond donors (Lipinski definition) is 2. The SMILES string of the molecule is Cc1cc(CC2CN(C(=O)CCc3c(C)noc3C)CC2O)n[nH]1. The number of carbonyl (C=O) groups is 1. The van der Waals surface area contributed by atoms with Gasteiger partial charge in [-0.05, 0) is 39.7 Å². The van der Waals surface area contributed by atoms with Crippen LogP contribution >= 0.6 is 0 Å². The Hall–Kier alpha value is -2.15. The Balaban J connectivity index is 1.54. The van der Waals surface area contributed by atoms with Crippen LogP contribution in [-0.4, -0.2) is 50.5 Å². The van der Waals surface area contributed by atoms with Crippen molar-refractivity contribution in [3.8, 4) is 0 Å². The molecular formula is C17H24N4O3. The van der Waals surface area contributed by atoms with Crippen LogP contribution in [0.3, 0.4) is 0 Å². The second-order valence-electron chi connectivity index (χ2n) is 6.68. The van der Waals surface area contributed by atoms with E-state index in [1.165, 1.54) is 0 Å². The van der Waals surface area contributed by atoms with Gasteiger partial charge < -0.3 is 14.5 Å². The van der Waals surface area contributed by atoms with Crippen molar-refractivity contribution in [2.45, 2.75) is 46.1 Å². The van der Waals surface area contributed by atoms with E-state index in [0.717, 1.165) is 28.4 Å². The predicted molar refractivity (Wildman–Crippen MR) is 87.4 cm³/mol. The average Bonchev–Trinajstić information content (AvgIpc) is 3.20. The number of aromatic nitrogens is 3. The first-order chi connectivity index (χ1) is 11.4. The van der Waals surface area contributed by atoms with Gasteiger partial charge in [0.25, 0.3) is 0 Å². The fourth-order valence-electron chi connectivity index (χ4n) is 3.35. The molecule has 0 bridgehead atoms. The predicted octanol–water partition coefficient (Wildman–Crippen LogP) is 1.32. The molecule has 7 heteroatoms. The number of β-amino-alcohol motifs (C(OH)–C–C–N with tert-alkyl or cyclic N) is 1. The highest BCUT2D eigenvalue weighted by Gasteiger charge is 2.34. The summed E-state index contributed by atoms with van der Waals surface area (Å²) in [6.45, 7) is 6.67. The number of hydrogen-bond acceptors (Lipinski definition) is 5. The summed E-state index contributed by atoms with van der Waals surface area (Å²) in [5.41, 5.74) is 3.78. The van der Waals surface area contributed by atoms with Crippen LogP contribution < -0.4 is 0 Å². The van der Waals surface area contributed by atoms with Gasteiger partial charge >= 0.3 is 0 Å². The summed E-state index contributed by atoms with van der Waals surface area (Å²) in [4.78, 5) is 14.2. The Morgan fingerprint density at radius 1 is 1.42 bits per heavy atom. The zero-order chi connectivity index (χ0) is 17.3. The molecule has 0 spiro atoms. The van der Waals surface area contributed by atoms with E-state index < -0.39 is 6.10 Å². The van der Waals surface area contributed by atoms with Gasteiger partial charge in [0.15, 0.2) is 0 Å². The largest absolute Gasteiger partial charge is 0.391 e. The van der Waals surface area contributed by atoms with Gasteiger partial charge in [-0.2, -0.15) is 5.10 Å². The quantitative estimate of drug-likeness (QED) is 0.861. The van der Waals surface area contributed by atoms with Crippen LogP contribution in [0.15, 0.2) is 10.6 Å². The van der Waals surface area contributed by atoms with E-state index in [0.29, 0.717) is 32.4 Å². The lowest BCUT2D eigenvalue weighted by molar-refractivity contribution is -0.130. The highest BCUT2D eigenvalue weighted by atomic mass is 16.5. The molecule has 1 fully saturated rings. The molecule has 0 radical (unpaired) electrons. The van der Waals surface area contributed by atoms with Crippen molar-refractivity contribution in [1.29, 1.82) is 0 Å². The number of aryl methyl sites for hydroxylation is 3. The van der Waals surface area contributed by atoms with Gasteiger partial charge in [0, 0.05) is 36.7 Å². The van der Waals surface area contributed by atoms with E-state index in [2.05, 4.69) is 15.4 Å². The van der Waals surface area contributed by atoms with Crippen molar-refractivity contribution in [2.24, 2.45) is 5.92 Å². The molecule has 1 aliphatic heterocycles. The number of likely N-dealkylation sites (tertiary alicyclic amines) is 1. The fourth-order valence-corrected chi connectivity index (χ4v) is 3.35. The number of nitrogens with one attached hydrogen (secondary N) is 1. The van der Waals surface area contributed by atoms with Crippen LogP contribution in [0.5, 0.6) is 0 Å². The molecule has 0 saturated carbocycles. The Morgan fingerprint density at radius 3 is 2.83 bits per heavy atom. The van der Waals surface area contributed by atoms with Crippen molar-refractivity contribution in [1.82, 2.24) is 20.3 Å². The van der Waals surface area contributed by atoms with Gasteiger partial charge in [-0.15, -0.1) is 0 Å². The maximum absolute atomic E-state index is 12.5. The van der Waals surface area contributed by atoms with E-state index >= 15 is 0 Å². The first-order valence-corrected chi connectivity index (χ1v) is 8.32. The van der Waals surface area contributed by atoms with Crippen LogP contribution in [0.2, 0.25) is 0 Å². The summed E-state index contributed by atoms with van der Waals surface area (Å²) >= 11 is 0. The number of carbonyl (C=O) groups excluding carboxylic acids is 1. The topological polar surface area (TPSA) is 95.2 Å². The summed E-state index contributed by atoms with van der Waals surface area (Å²) in [6, 6.07) is 1.98. The second kappa shape index (κ2) is 6.76. The maximum atomic E-state index is 12.5. The highest BCUT2D eigenvalue weighted by Crippen LogP contribution is 2.23. The summed E-state index contributed by atoms with van der Waals surface area (Å²) < 4.78 is 5.13. The number of nitrogens with zero attached hydrogens (tertiary/aromatic N) is 3. The van der Waals surface area contributed by atoms with Gasteiger partial charge in [0.1, 0.15) is 5.76 Å². The molecule has 0 aliphatic carbocycles. The number of rotatable bonds is 5. The second-order valence-corrected chi connectivity index (χ2v) is 6.68. The Kier molecular flexibility index (Phi) is 4.71. The van der Waals surface area contributed by atoms with Gasteiger partial charge in [-0.3, -0.25) is 9.89 Å². The smallest absolute Gasteiger partial charge is 0.223 e. The monoisotopic (exact) mass is 332 g/mol.